The molecule has 1 spiro atoms. The summed E-state index contributed by atoms with van der Waals surface area (Å²) in [5.41, 5.74) is 25.7. The second-order valence-corrected chi connectivity index (χ2v) is 15.9. The van der Waals surface area contributed by atoms with Gasteiger partial charge in [-0.3, -0.25) is 0 Å². The Labute approximate surface area is 335 Å². The topological polar surface area (TPSA) is 49.9 Å². The van der Waals surface area contributed by atoms with E-state index in [2.05, 4.69) is 178 Å². The molecule has 2 aliphatic carbocycles. The lowest BCUT2D eigenvalue weighted by atomic mass is 9.55. The second-order valence-electron chi connectivity index (χ2n) is 15.9. The van der Waals surface area contributed by atoms with E-state index in [1.807, 2.05) is 36.4 Å². The lowest BCUT2D eigenvalue weighted by Crippen LogP contribution is -2.40. The van der Waals surface area contributed by atoms with E-state index in [1.165, 1.54) is 55.6 Å². The molecule has 0 atom stereocenters. The fourth-order valence-electron chi connectivity index (χ4n) is 9.65. The number of nitrogens with two attached hydrogens (primary N) is 1. The van der Waals surface area contributed by atoms with Crippen LogP contribution in [-0.4, -0.2) is 5.71 Å². The highest BCUT2D eigenvalue weighted by atomic mass is 14.6. The summed E-state index contributed by atoms with van der Waals surface area (Å²) < 4.78 is 0. The maximum absolute atomic E-state index is 9.60. The zero-order chi connectivity index (χ0) is 38.7. The molecule has 2 nitrogen and oxygen atoms in total. The van der Waals surface area contributed by atoms with E-state index in [4.69, 9.17) is 5.73 Å². The second kappa shape index (κ2) is 13.3. The largest absolute Gasteiger partial charge is 0.398 e. The molecule has 10 rings (SSSR count). The molecule has 0 saturated carbocycles. The van der Waals surface area contributed by atoms with E-state index in [0.29, 0.717) is 11.4 Å². The Kier molecular flexibility index (Phi) is 8.05. The van der Waals surface area contributed by atoms with Gasteiger partial charge in [0.15, 0.2) is 0 Å². The third-order valence-corrected chi connectivity index (χ3v) is 12.4. The van der Waals surface area contributed by atoms with Crippen LogP contribution in [0.1, 0.15) is 58.4 Å². The summed E-state index contributed by atoms with van der Waals surface area (Å²) in [6.45, 7) is 4.70. The highest BCUT2D eigenvalue weighted by Gasteiger charge is 2.53. The van der Waals surface area contributed by atoms with Gasteiger partial charge < -0.3 is 11.1 Å². The van der Waals surface area contributed by atoms with Gasteiger partial charge in [-0.1, -0.05) is 202 Å². The van der Waals surface area contributed by atoms with Crippen molar-refractivity contribution in [2.75, 3.05) is 0 Å². The van der Waals surface area contributed by atoms with E-state index in [1.54, 1.807) is 0 Å². The van der Waals surface area contributed by atoms with Crippen LogP contribution < -0.4 is 5.73 Å². The van der Waals surface area contributed by atoms with Gasteiger partial charge in [0, 0.05) is 16.7 Å². The van der Waals surface area contributed by atoms with Crippen LogP contribution in [0.4, 0.5) is 0 Å². The summed E-state index contributed by atoms with van der Waals surface area (Å²) in [6, 6.07) is 69.7. The lowest BCUT2D eigenvalue weighted by Gasteiger charge is -2.46. The van der Waals surface area contributed by atoms with Gasteiger partial charge in [-0.05, 0) is 95.6 Å². The fourth-order valence-corrected chi connectivity index (χ4v) is 9.65. The van der Waals surface area contributed by atoms with Crippen molar-refractivity contribution in [1.29, 1.82) is 5.41 Å². The molecule has 0 bridgehead atoms. The normalized spacial score (nSPS) is 14.3. The molecule has 0 saturated heterocycles. The van der Waals surface area contributed by atoms with Crippen LogP contribution in [0.25, 0.3) is 50.2 Å². The molecule has 3 N–H and O–H groups in total. The zero-order valence-electron chi connectivity index (χ0n) is 32.1. The highest BCUT2D eigenvalue weighted by molar-refractivity contribution is 6.15. The van der Waals surface area contributed by atoms with Gasteiger partial charge in [0.1, 0.15) is 0 Å². The fraction of sp³-hybridized carbons (Fsp3) is 0.0727. The summed E-state index contributed by atoms with van der Waals surface area (Å²) in [5.74, 6) is 0. The Morgan fingerprint density at radius 2 is 0.877 bits per heavy atom. The summed E-state index contributed by atoms with van der Waals surface area (Å²) in [7, 11) is 0. The molecular weight excluding hydrogens is 689 g/mol. The zero-order valence-corrected chi connectivity index (χ0v) is 32.1. The van der Waals surface area contributed by atoms with Crippen molar-refractivity contribution >= 4 is 11.4 Å². The Morgan fingerprint density at radius 1 is 0.439 bits per heavy atom. The molecule has 8 aromatic rings. The molecule has 0 radical (unpaired) electrons. The van der Waals surface area contributed by atoms with Gasteiger partial charge in [0.25, 0.3) is 0 Å². The SMILES string of the molecule is CC1(C)c2ccccc2C2(c3ccc(-c4ccc(-c5ccc(-c6ccccc6)cc5)cc4)cc3-c3c(C(=N)/C=C(\N)c4ccccc4)cccc32)c2ccccc21. The van der Waals surface area contributed by atoms with Crippen molar-refractivity contribution in [1.82, 2.24) is 0 Å². The average molecular weight is 731 g/mol. The molecule has 0 aromatic heterocycles. The third kappa shape index (κ3) is 5.36. The number of hydrogen-bond donors (Lipinski definition) is 2. The Bertz CT molecular complexity index is 2810. The molecule has 0 amide bonds. The van der Waals surface area contributed by atoms with E-state index in [-0.39, 0.29) is 5.41 Å². The maximum atomic E-state index is 9.60. The quantitative estimate of drug-likeness (QED) is 0.164. The summed E-state index contributed by atoms with van der Waals surface area (Å²) in [4.78, 5) is 0. The number of benzene rings is 8. The van der Waals surface area contributed by atoms with Crippen molar-refractivity contribution in [3.8, 4) is 44.5 Å². The molecule has 0 heterocycles. The van der Waals surface area contributed by atoms with E-state index < -0.39 is 5.41 Å². The first kappa shape index (κ1) is 34.5. The van der Waals surface area contributed by atoms with Gasteiger partial charge in [-0.25, -0.2) is 0 Å². The lowest BCUT2D eigenvalue weighted by molar-refractivity contribution is 0.563. The Hall–Kier alpha value is -7.03. The van der Waals surface area contributed by atoms with Gasteiger partial charge in [-0.2, -0.15) is 0 Å². The van der Waals surface area contributed by atoms with Crippen molar-refractivity contribution in [3.05, 3.63) is 245 Å². The van der Waals surface area contributed by atoms with Crippen molar-refractivity contribution in [2.45, 2.75) is 24.7 Å². The third-order valence-electron chi connectivity index (χ3n) is 12.4. The highest BCUT2D eigenvalue weighted by Crippen LogP contribution is 2.63. The first-order valence-corrected chi connectivity index (χ1v) is 19.7. The molecule has 0 fully saturated rings. The van der Waals surface area contributed by atoms with Gasteiger partial charge in [0.05, 0.1) is 11.1 Å². The monoisotopic (exact) mass is 730 g/mol. The molecule has 0 aliphatic heterocycles. The van der Waals surface area contributed by atoms with Gasteiger partial charge >= 0.3 is 0 Å². The minimum Gasteiger partial charge on any atom is -0.398 e. The molecule has 0 unspecified atom stereocenters. The van der Waals surface area contributed by atoms with Crippen LogP contribution in [0, 0.1) is 5.41 Å². The predicted molar refractivity (Wildman–Crippen MR) is 238 cm³/mol. The van der Waals surface area contributed by atoms with E-state index >= 15 is 0 Å². The molecular formula is C55H42N2. The summed E-state index contributed by atoms with van der Waals surface area (Å²) >= 11 is 0. The van der Waals surface area contributed by atoms with Crippen LogP contribution >= 0.6 is 0 Å². The number of fused-ring (bicyclic) bond motifs is 9. The molecule has 2 aliphatic rings. The maximum Gasteiger partial charge on any atom is 0.0719 e. The number of allylic oxidation sites excluding steroid dienone is 1. The van der Waals surface area contributed by atoms with Crippen molar-refractivity contribution in [3.63, 3.8) is 0 Å². The number of nitrogens with one attached hydrogen (secondary N) is 1. The summed E-state index contributed by atoms with van der Waals surface area (Å²) in [5, 5.41) is 9.60. The smallest absolute Gasteiger partial charge is 0.0719 e. The van der Waals surface area contributed by atoms with Gasteiger partial charge in [-0.15, -0.1) is 0 Å². The average Bonchev–Trinajstić information content (AvgIpc) is 3.57. The Morgan fingerprint density at radius 3 is 1.44 bits per heavy atom. The predicted octanol–water partition coefficient (Wildman–Crippen LogP) is 13.1. The molecule has 272 valence electrons. The standard InChI is InChI=1S/C55H42N2/c1-54(2)46-19-9-11-21-48(46)55(49-22-12-10-20-47(49)54)45-33-32-42(40-30-28-39(29-31-40)38-26-24-37(25-27-38)36-14-5-3-6-15-36)34-44(45)53-43(18-13-23-50(53)55)52(57)35-51(56)41-16-7-4-8-17-41/h3-35,57H,56H2,1-2H3/b51-35-,57-52?. The molecule has 8 aromatic carbocycles. The minimum atomic E-state index is -0.563. The molecule has 57 heavy (non-hydrogen) atoms. The number of rotatable bonds is 6. The van der Waals surface area contributed by atoms with Gasteiger partial charge in [0.2, 0.25) is 0 Å². The van der Waals surface area contributed by atoms with E-state index in [0.717, 1.165) is 33.4 Å². The van der Waals surface area contributed by atoms with Crippen LogP contribution in [0.3, 0.4) is 0 Å². The minimum absolute atomic E-state index is 0.192. The van der Waals surface area contributed by atoms with Crippen molar-refractivity contribution in [2.24, 2.45) is 5.73 Å². The van der Waals surface area contributed by atoms with Crippen LogP contribution in [0.2, 0.25) is 0 Å². The van der Waals surface area contributed by atoms with Crippen LogP contribution in [-0.2, 0) is 10.8 Å². The Balaban J connectivity index is 1.14. The number of hydrogen-bond acceptors (Lipinski definition) is 2. The first-order valence-electron chi connectivity index (χ1n) is 19.7. The first-order chi connectivity index (χ1) is 27.9. The van der Waals surface area contributed by atoms with Crippen LogP contribution in [0.5, 0.6) is 0 Å². The van der Waals surface area contributed by atoms with E-state index in [9.17, 15) is 5.41 Å². The van der Waals surface area contributed by atoms with Crippen LogP contribution in [0.15, 0.2) is 200 Å². The van der Waals surface area contributed by atoms with Crippen molar-refractivity contribution < 1.29 is 0 Å². The summed E-state index contributed by atoms with van der Waals surface area (Å²) in [6.07, 6.45) is 1.82. The molecule has 2 heteroatoms.